The number of fused-ring (bicyclic) bond motifs is 2. The van der Waals surface area contributed by atoms with Crippen molar-refractivity contribution < 1.29 is 4.79 Å². The van der Waals surface area contributed by atoms with Crippen molar-refractivity contribution in [3.05, 3.63) is 47.5 Å². The molecule has 4 rings (SSSR count). The Morgan fingerprint density at radius 3 is 2.78 bits per heavy atom. The van der Waals surface area contributed by atoms with Gasteiger partial charge in [-0.1, -0.05) is 30.3 Å². The Balaban J connectivity index is 1.47. The number of rotatable bonds is 3. The van der Waals surface area contributed by atoms with Crippen LogP contribution in [0.3, 0.4) is 0 Å². The Morgan fingerprint density at radius 1 is 1.17 bits per heavy atom. The molecule has 1 fully saturated rings. The number of carbonyl (C=O) groups excluding carboxylic acids is 1. The van der Waals surface area contributed by atoms with E-state index in [1.807, 2.05) is 34.9 Å². The van der Waals surface area contributed by atoms with E-state index in [1.165, 1.54) is 0 Å². The highest BCUT2D eigenvalue weighted by molar-refractivity contribution is 5.90. The van der Waals surface area contributed by atoms with Crippen LogP contribution in [0.1, 0.15) is 22.0 Å². The number of carbonyl (C=O) groups is 1. The number of nitrogens with one attached hydrogen (secondary N) is 1. The Bertz CT molecular complexity index is 711. The van der Waals surface area contributed by atoms with E-state index in [1.54, 1.807) is 0 Å². The minimum atomic E-state index is -0.141. The van der Waals surface area contributed by atoms with Crippen LogP contribution in [0.25, 0.3) is 0 Å². The fourth-order valence-electron chi connectivity index (χ4n) is 3.78. The molecule has 1 saturated heterocycles. The second-order valence-corrected chi connectivity index (χ2v) is 6.66. The standard InChI is InChI=1S/C17H21N5O/c1-21-9-13-7-15-19-20-16(22(15)11-14(13)10-21)17(23)18-8-12-5-3-2-4-6-12/h2-6,13-14H,7-11H2,1H3,(H,18,23). The maximum absolute atomic E-state index is 12.5. The van der Waals surface area contributed by atoms with Crippen LogP contribution in [0.15, 0.2) is 30.3 Å². The van der Waals surface area contributed by atoms with Crippen molar-refractivity contribution >= 4 is 5.91 Å². The molecule has 1 aromatic heterocycles. The van der Waals surface area contributed by atoms with Gasteiger partial charge in [-0.25, -0.2) is 0 Å². The molecular formula is C17H21N5O. The van der Waals surface area contributed by atoms with Gasteiger partial charge in [-0.3, -0.25) is 4.79 Å². The van der Waals surface area contributed by atoms with E-state index in [0.29, 0.717) is 24.2 Å². The normalized spacial score (nSPS) is 23.3. The minimum Gasteiger partial charge on any atom is -0.345 e. The lowest BCUT2D eigenvalue weighted by atomic mass is 9.89. The zero-order valence-electron chi connectivity index (χ0n) is 13.3. The number of hydrogen-bond acceptors (Lipinski definition) is 4. The van der Waals surface area contributed by atoms with Gasteiger partial charge in [0.25, 0.3) is 5.91 Å². The van der Waals surface area contributed by atoms with Crippen LogP contribution in [0.5, 0.6) is 0 Å². The van der Waals surface area contributed by atoms with E-state index in [4.69, 9.17) is 0 Å². The first-order valence-electron chi connectivity index (χ1n) is 8.13. The molecule has 0 radical (unpaired) electrons. The third kappa shape index (κ3) is 2.74. The summed E-state index contributed by atoms with van der Waals surface area (Å²) in [4.78, 5) is 14.8. The maximum atomic E-state index is 12.5. The minimum absolute atomic E-state index is 0.141. The smallest absolute Gasteiger partial charge is 0.289 e. The van der Waals surface area contributed by atoms with Gasteiger partial charge in [-0.05, 0) is 24.4 Å². The van der Waals surface area contributed by atoms with Crippen molar-refractivity contribution in [2.75, 3.05) is 20.1 Å². The summed E-state index contributed by atoms with van der Waals surface area (Å²) in [7, 11) is 2.16. The molecule has 23 heavy (non-hydrogen) atoms. The first-order chi connectivity index (χ1) is 11.2. The molecule has 0 spiro atoms. The first kappa shape index (κ1) is 14.4. The third-order valence-electron chi connectivity index (χ3n) is 4.95. The number of likely N-dealkylation sites (tertiary alicyclic amines) is 1. The number of amides is 1. The lowest BCUT2D eigenvalue weighted by Gasteiger charge is -2.25. The number of benzene rings is 1. The summed E-state index contributed by atoms with van der Waals surface area (Å²) in [5.41, 5.74) is 1.08. The van der Waals surface area contributed by atoms with Crippen molar-refractivity contribution in [2.24, 2.45) is 11.8 Å². The van der Waals surface area contributed by atoms with Gasteiger partial charge in [-0.2, -0.15) is 0 Å². The summed E-state index contributed by atoms with van der Waals surface area (Å²) >= 11 is 0. The summed E-state index contributed by atoms with van der Waals surface area (Å²) in [6.07, 6.45) is 0.925. The molecule has 2 aromatic rings. The highest BCUT2D eigenvalue weighted by Gasteiger charge is 2.37. The van der Waals surface area contributed by atoms with Gasteiger partial charge in [0.1, 0.15) is 5.82 Å². The second kappa shape index (κ2) is 5.77. The molecule has 6 nitrogen and oxygen atoms in total. The largest absolute Gasteiger partial charge is 0.345 e. The topological polar surface area (TPSA) is 63.1 Å². The molecule has 3 heterocycles. The molecule has 2 atom stereocenters. The molecule has 1 aromatic carbocycles. The van der Waals surface area contributed by atoms with E-state index < -0.39 is 0 Å². The molecule has 2 aliphatic heterocycles. The van der Waals surface area contributed by atoms with Crippen molar-refractivity contribution in [1.29, 1.82) is 0 Å². The average Bonchev–Trinajstić information content (AvgIpc) is 3.12. The highest BCUT2D eigenvalue weighted by atomic mass is 16.2. The monoisotopic (exact) mass is 311 g/mol. The van der Waals surface area contributed by atoms with Crippen LogP contribution in [-0.4, -0.2) is 45.7 Å². The molecule has 2 aliphatic rings. The van der Waals surface area contributed by atoms with Crippen LogP contribution in [0.4, 0.5) is 0 Å². The van der Waals surface area contributed by atoms with E-state index in [0.717, 1.165) is 37.4 Å². The van der Waals surface area contributed by atoms with E-state index in [9.17, 15) is 4.79 Å². The summed E-state index contributed by atoms with van der Waals surface area (Å²) in [6.45, 7) is 3.57. The van der Waals surface area contributed by atoms with E-state index in [-0.39, 0.29) is 5.91 Å². The van der Waals surface area contributed by atoms with Gasteiger partial charge in [0.15, 0.2) is 0 Å². The lowest BCUT2D eigenvalue weighted by molar-refractivity contribution is 0.0932. The van der Waals surface area contributed by atoms with Gasteiger partial charge in [0.05, 0.1) is 0 Å². The van der Waals surface area contributed by atoms with E-state index in [2.05, 4.69) is 27.5 Å². The summed E-state index contributed by atoms with van der Waals surface area (Å²) in [6, 6.07) is 9.90. The van der Waals surface area contributed by atoms with Crippen molar-refractivity contribution in [1.82, 2.24) is 25.0 Å². The molecule has 2 unspecified atom stereocenters. The van der Waals surface area contributed by atoms with Gasteiger partial charge < -0.3 is 14.8 Å². The maximum Gasteiger partial charge on any atom is 0.289 e. The number of nitrogens with zero attached hydrogens (tertiary/aromatic N) is 4. The Labute approximate surface area is 135 Å². The predicted molar refractivity (Wildman–Crippen MR) is 85.8 cm³/mol. The van der Waals surface area contributed by atoms with Crippen LogP contribution >= 0.6 is 0 Å². The quantitative estimate of drug-likeness (QED) is 0.916. The Morgan fingerprint density at radius 2 is 1.96 bits per heavy atom. The molecule has 6 heteroatoms. The molecule has 0 saturated carbocycles. The van der Waals surface area contributed by atoms with Gasteiger partial charge in [-0.15, -0.1) is 10.2 Å². The molecule has 1 amide bonds. The van der Waals surface area contributed by atoms with Gasteiger partial charge in [0.2, 0.25) is 5.82 Å². The fraction of sp³-hybridized carbons (Fsp3) is 0.471. The Hall–Kier alpha value is -2.21. The number of hydrogen-bond donors (Lipinski definition) is 1. The van der Waals surface area contributed by atoms with Crippen LogP contribution in [-0.2, 0) is 19.5 Å². The molecular weight excluding hydrogens is 290 g/mol. The van der Waals surface area contributed by atoms with Crippen molar-refractivity contribution in [3.63, 3.8) is 0 Å². The highest BCUT2D eigenvalue weighted by Crippen LogP contribution is 2.31. The lowest BCUT2D eigenvalue weighted by Crippen LogP contribution is -2.32. The molecule has 120 valence electrons. The second-order valence-electron chi connectivity index (χ2n) is 6.66. The van der Waals surface area contributed by atoms with Crippen LogP contribution in [0, 0.1) is 11.8 Å². The van der Waals surface area contributed by atoms with Gasteiger partial charge in [0, 0.05) is 32.6 Å². The Kier molecular flexibility index (Phi) is 3.61. The van der Waals surface area contributed by atoms with Crippen LogP contribution < -0.4 is 5.32 Å². The molecule has 0 bridgehead atoms. The zero-order valence-corrected chi connectivity index (χ0v) is 13.3. The average molecular weight is 311 g/mol. The van der Waals surface area contributed by atoms with Gasteiger partial charge >= 0.3 is 0 Å². The summed E-state index contributed by atoms with van der Waals surface area (Å²) < 4.78 is 2.01. The van der Waals surface area contributed by atoms with Crippen molar-refractivity contribution in [2.45, 2.75) is 19.5 Å². The third-order valence-corrected chi connectivity index (χ3v) is 4.95. The zero-order chi connectivity index (χ0) is 15.8. The fourth-order valence-corrected chi connectivity index (χ4v) is 3.78. The summed E-state index contributed by atoms with van der Waals surface area (Å²) in [5.74, 6) is 2.51. The van der Waals surface area contributed by atoms with E-state index >= 15 is 0 Å². The molecule has 1 N–H and O–H groups in total. The molecule has 0 aliphatic carbocycles. The number of aromatic nitrogens is 3. The SMILES string of the molecule is CN1CC2Cc3nnc(C(=O)NCc4ccccc4)n3CC2C1. The first-order valence-corrected chi connectivity index (χ1v) is 8.13. The van der Waals surface area contributed by atoms with Crippen molar-refractivity contribution in [3.8, 4) is 0 Å². The predicted octanol–water partition coefficient (Wildman–Crippen LogP) is 0.942. The van der Waals surface area contributed by atoms with Crippen LogP contribution in [0.2, 0.25) is 0 Å². The summed E-state index contributed by atoms with van der Waals surface area (Å²) in [5, 5.41) is 11.3.